The first kappa shape index (κ1) is 27.8. The molecule has 9 rings (SSSR count). The predicted molar refractivity (Wildman–Crippen MR) is 200 cm³/mol. The topological polar surface area (TPSA) is 38.7 Å². The van der Waals surface area contributed by atoms with Gasteiger partial charge >= 0.3 is 0 Å². The molecule has 0 fully saturated rings. The second kappa shape index (κ2) is 11.7. The minimum absolute atomic E-state index is 0.705. The lowest BCUT2D eigenvalue weighted by Crippen LogP contribution is -1.96. The molecule has 2 heterocycles. The highest BCUT2D eigenvalue weighted by Gasteiger charge is 2.13. The maximum Gasteiger partial charge on any atom is 0.160 e. The zero-order valence-corrected chi connectivity index (χ0v) is 26.1. The van der Waals surface area contributed by atoms with E-state index in [0.29, 0.717) is 5.82 Å². The van der Waals surface area contributed by atoms with Gasteiger partial charge in [-0.25, -0.2) is 9.97 Å². The van der Waals surface area contributed by atoms with Crippen LogP contribution in [0.25, 0.3) is 88.6 Å². The van der Waals surface area contributed by atoms with Crippen molar-refractivity contribution in [2.45, 2.75) is 0 Å². The highest BCUT2D eigenvalue weighted by molar-refractivity contribution is 6.24. The smallest absolute Gasteiger partial charge is 0.160 e. The van der Waals surface area contributed by atoms with Gasteiger partial charge < -0.3 is 0 Å². The number of hydrogen-bond donors (Lipinski definition) is 0. The van der Waals surface area contributed by atoms with E-state index < -0.39 is 0 Å². The summed E-state index contributed by atoms with van der Waals surface area (Å²) in [5.74, 6) is 0.705. The average molecular weight is 612 g/mol. The molecule has 3 nitrogen and oxygen atoms in total. The van der Waals surface area contributed by atoms with Gasteiger partial charge in [0.2, 0.25) is 0 Å². The van der Waals surface area contributed by atoms with Crippen LogP contribution in [0.4, 0.5) is 0 Å². The van der Waals surface area contributed by atoms with Crippen molar-refractivity contribution in [3.63, 3.8) is 0 Å². The summed E-state index contributed by atoms with van der Waals surface area (Å²) in [7, 11) is 0. The van der Waals surface area contributed by atoms with Crippen LogP contribution in [0.5, 0.6) is 0 Å². The third kappa shape index (κ3) is 4.99. The summed E-state index contributed by atoms with van der Waals surface area (Å²) in [5, 5.41) is 6.03. The normalized spacial score (nSPS) is 11.3. The van der Waals surface area contributed by atoms with Gasteiger partial charge in [-0.2, -0.15) is 0 Å². The number of pyridine rings is 1. The molecule has 0 saturated carbocycles. The third-order valence-corrected chi connectivity index (χ3v) is 9.11. The quantitative estimate of drug-likeness (QED) is 0.182. The minimum atomic E-state index is 0.705. The van der Waals surface area contributed by atoms with E-state index in [1.165, 1.54) is 38.1 Å². The second-order valence-corrected chi connectivity index (χ2v) is 12.1. The Morgan fingerprint density at radius 1 is 0.292 bits per heavy atom. The van der Waals surface area contributed by atoms with Crippen LogP contribution >= 0.6 is 0 Å². The van der Waals surface area contributed by atoms with Crippen LogP contribution in [0.2, 0.25) is 0 Å². The first-order valence-corrected chi connectivity index (χ1v) is 16.2. The van der Waals surface area contributed by atoms with Crippen molar-refractivity contribution < 1.29 is 0 Å². The van der Waals surface area contributed by atoms with E-state index in [1.54, 1.807) is 0 Å². The van der Waals surface area contributed by atoms with Crippen LogP contribution in [0, 0.1) is 0 Å². The predicted octanol–water partition coefficient (Wildman–Crippen LogP) is 11.7. The molecular weight excluding hydrogens is 583 g/mol. The fraction of sp³-hybridized carbons (Fsp3) is 0. The zero-order chi connectivity index (χ0) is 31.9. The van der Waals surface area contributed by atoms with Gasteiger partial charge in [0.05, 0.1) is 16.9 Å². The van der Waals surface area contributed by atoms with Crippen molar-refractivity contribution in [2.75, 3.05) is 0 Å². The number of nitrogens with zero attached hydrogens (tertiary/aromatic N) is 3. The van der Waals surface area contributed by atoms with Gasteiger partial charge in [0.1, 0.15) is 0 Å². The van der Waals surface area contributed by atoms with Gasteiger partial charge in [0.15, 0.2) is 5.82 Å². The highest BCUT2D eigenvalue weighted by atomic mass is 14.9. The molecule has 0 amide bonds. The van der Waals surface area contributed by atoms with Gasteiger partial charge in [-0.3, -0.25) is 4.98 Å². The van der Waals surface area contributed by atoms with E-state index in [2.05, 4.69) is 127 Å². The molecule has 3 heteroatoms. The molecule has 0 bridgehead atoms. The Kier molecular flexibility index (Phi) is 6.80. The molecule has 0 spiro atoms. The molecule has 7 aromatic carbocycles. The van der Waals surface area contributed by atoms with Gasteiger partial charge in [-0.15, -0.1) is 0 Å². The number of rotatable bonds is 5. The zero-order valence-electron chi connectivity index (χ0n) is 26.1. The van der Waals surface area contributed by atoms with Crippen molar-refractivity contribution in [1.29, 1.82) is 0 Å². The van der Waals surface area contributed by atoms with Crippen molar-refractivity contribution in [1.82, 2.24) is 15.0 Å². The summed E-state index contributed by atoms with van der Waals surface area (Å²) in [5.41, 5.74) is 10.6. The van der Waals surface area contributed by atoms with E-state index in [9.17, 15) is 0 Å². The lowest BCUT2D eigenvalue weighted by atomic mass is 9.93. The van der Waals surface area contributed by atoms with Crippen LogP contribution in [-0.2, 0) is 0 Å². The Hall–Kier alpha value is -6.45. The molecule has 0 unspecified atom stereocenters. The van der Waals surface area contributed by atoms with Crippen LogP contribution in [0.3, 0.4) is 0 Å². The summed E-state index contributed by atoms with van der Waals surface area (Å²) in [6.45, 7) is 0. The average Bonchev–Trinajstić information content (AvgIpc) is 3.18. The number of hydrogen-bond acceptors (Lipinski definition) is 3. The van der Waals surface area contributed by atoms with Gasteiger partial charge in [0.25, 0.3) is 0 Å². The van der Waals surface area contributed by atoms with E-state index in [4.69, 9.17) is 15.0 Å². The monoisotopic (exact) mass is 611 g/mol. The molecule has 0 N–H and O–H groups in total. The molecule has 224 valence electrons. The standard InChI is InChI=1S/C45H29N3/c1-3-12-30(13-4-1)42-29-43(31-14-5-2-6-15-31)48-45(47-42)36-19-10-18-34(27-36)32-16-9-17-33(26-32)35-23-24-38-40-22-11-25-46-44(40)39-21-8-7-20-37(39)41(38)28-35/h1-29H. The fourth-order valence-corrected chi connectivity index (χ4v) is 6.75. The summed E-state index contributed by atoms with van der Waals surface area (Å²) in [6, 6.07) is 59.6. The molecule has 0 radical (unpaired) electrons. The van der Waals surface area contributed by atoms with Crippen LogP contribution in [-0.4, -0.2) is 15.0 Å². The Labute approximate surface area is 278 Å². The van der Waals surface area contributed by atoms with Gasteiger partial charge in [0, 0.05) is 33.7 Å². The highest BCUT2D eigenvalue weighted by Crippen LogP contribution is 2.37. The maximum atomic E-state index is 5.06. The van der Waals surface area contributed by atoms with Crippen LogP contribution < -0.4 is 0 Å². The molecule has 48 heavy (non-hydrogen) atoms. The maximum absolute atomic E-state index is 5.06. The number of benzene rings is 7. The third-order valence-electron chi connectivity index (χ3n) is 9.11. The first-order valence-electron chi connectivity index (χ1n) is 16.2. The van der Waals surface area contributed by atoms with E-state index in [-0.39, 0.29) is 0 Å². The van der Waals surface area contributed by atoms with Gasteiger partial charge in [-0.05, 0) is 68.7 Å². The molecule has 0 atom stereocenters. The second-order valence-electron chi connectivity index (χ2n) is 12.1. The molecule has 0 aliphatic rings. The van der Waals surface area contributed by atoms with Crippen molar-refractivity contribution in [2.24, 2.45) is 0 Å². The van der Waals surface area contributed by atoms with E-state index in [1.807, 2.05) is 48.7 Å². The summed E-state index contributed by atoms with van der Waals surface area (Å²) >= 11 is 0. The Bertz CT molecular complexity index is 2520. The Morgan fingerprint density at radius 2 is 0.771 bits per heavy atom. The van der Waals surface area contributed by atoms with Crippen molar-refractivity contribution >= 4 is 32.4 Å². The Morgan fingerprint density at radius 3 is 1.42 bits per heavy atom. The molecule has 2 aromatic heterocycles. The Balaban J connectivity index is 1.14. The number of aromatic nitrogens is 3. The minimum Gasteiger partial charge on any atom is -0.256 e. The molecule has 9 aromatic rings. The van der Waals surface area contributed by atoms with E-state index in [0.717, 1.165) is 44.7 Å². The van der Waals surface area contributed by atoms with Gasteiger partial charge in [-0.1, -0.05) is 140 Å². The lowest BCUT2D eigenvalue weighted by molar-refractivity contribution is 1.18. The van der Waals surface area contributed by atoms with E-state index >= 15 is 0 Å². The molecule has 0 aliphatic carbocycles. The number of fused-ring (bicyclic) bond motifs is 6. The van der Waals surface area contributed by atoms with Crippen LogP contribution in [0.1, 0.15) is 0 Å². The van der Waals surface area contributed by atoms with Crippen molar-refractivity contribution in [3.05, 3.63) is 176 Å². The molecular formula is C45H29N3. The summed E-state index contributed by atoms with van der Waals surface area (Å²) in [4.78, 5) is 14.9. The largest absolute Gasteiger partial charge is 0.256 e. The molecule has 0 saturated heterocycles. The summed E-state index contributed by atoms with van der Waals surface area (Å²) < 4.78 is 0. The van der Waals surface area contributed by atoms with Crippen LogP contribution in [0.15, 0.2) is 176 Å². The lowest BCUT2D eigenvalue weighted by Gasteiger charge is -2.12. The first-order chi connectivity index (χ1) is 23.8. The molecule has 0 aliphatic heterocycles. The fourth-order valence-electron chi connectivity index (χ4n) is 6.75. The SMILES string of the molecule is c1ccc(-c2cc(-c3ccccc3)nc(-c3cccc(-c4cccc(-c5ccc6c(c5)c5ccccc5c5ncccc65)c4)c3)n2)cc1. The summed E-state index contributed by atoms with van der Waals surface area (Å²) in [6.07, 6.45) is 1.88. The van der Waals surface area contributed by atoms with Crippen molar-refractivity contribution in [3.8, 4) is 56.2 Å².